The maximum atomic E-state index is 15.6. The number of benzene rings is 2. The Kier molecular flexibility index (Phi) is 10.2. The molecule has 3 fully saturated rings. The van der Waals surface area contributed by atoms with E-state index in [9.17, 15) is 22.4 Å². The number of carbonyl (C=O) groups is 2. The Balaban J connectivity index is 1.01. The average molecular weight is 740 g/mol. The molecule has 2 aromatic carbocycles. The molecule has 3 N–H and O–H groups in total. The van der Waals surface area contributed by atoms with E-state index in [-0.39, 0.29) is 31.6 Å². The Labute approximate surface area is 299 Å². The Morgan fingerprint density at radius 1 is 0.923 bits per heavy atom. The molecule has 1 atom stereocenters. The first-order valence-electron chi connectivity index (χ1n) is 17.4. The van der Waals surface area contributed by atoms with Gasteiger partial charge in [0.1, 0.15) is 17.6 Å². The van der Waals surface area contributed by atoms with E-state index in [0.717, 1.165) is 86.3 Å². The topological polar surface area (TPSA) is 142 Å². The summed E-state index contributed by atoms with van der Waals surface area (Å²) in [7, 11) is -4.34. The first kappa shape index (κ1) is 35.9. The maximum Gasteiger partial charge on any atom is 0.317 e. The van der Waals surface area contributed by atoms with Crippen molar-refractivity contribution in [1.29, 1.82) is 0 Å². The number of nitrogens with one attached hydrogen (secondary N) is 2. The van der Waals surface area contributed by atoms with Gasteiger partial charge in [-0.3, -0.25) is 24.1 Å². The lowest BCUT2D eigenvalue weighted by molar-refractivity contribution is -0.138. The number of carboxylic acid groups (broad SMARTS) is 1. The van der Waals surface area contributed by atoms with Crippen LogP contribution in [0.4, 0.5) is 24.5 Å². The first-order valence-corrected chi connectivity index (χ1v) is 18.8. The molecule has 16 heteroatoms. The molecule has 2 aromatic heterocycles. The van der Waals surface area contributed by atoms with Crippen LogP contribution in [-0.4, -0.2) is 121 Å². The quantitative estimate of drug-likeness (QED) is 0.192. The van der Waals surface area contributed by atoms with Gasteiger partial charge in [-0.1, -0.05) is 12.1 Å². The number of anilines is 2. The van der Waals surface area contributed by atoms with Gasteiger partial charge in [-0.15, -0.1) is 0 Å². The number of aromatic nitrogens is 2. The lowest BCUT2D eigenvalue weighted by Crippen LogP contribution is -2.49. The highest BCUT2D eigenvalue weighted by Crippen LogP contribution is 2.31. The highest BCUT2D eigenvalue weighted by atomic mass is 32.2. The van der Waals surface area contributed by atoms with E-state index in [4.69, 9.17) is 5.11 Å². The molecule has 12 nitrogen and oxygen atoms in total. The molecule has 0 spiro atoms. The molecule has 0 amide bonds. The summed E-state index contributed by atoms with van der Waals surface area (Å²) < 4.78 is 72.6. The lowest BCUT2D eigenvalue weighted by atomic mass is 9.96. The van der Waals surface area contributed by atoms with E-state index in [0.29, 0.717) is 22.5 Å². The SMILES string of the molecule is O=C(O)CN1CCC(CN2CCN(c3ccc(-c4cnc5[nH]cc(C(=O)c6c(F)ccc(NS(=O)(=O)N7CCC(F)C7)c6F)c5c4)cc3)CC2)CC1. The van der Waals surface area contributed by atoms with E-state index in [2.05, 4.69) is 19.8 Å². The van der Waals surface area contributed by atoms with Crippen LogP contribution in [0.3, 0.4) is 0 Å². The minimum atomic E-state index is -4.34. The number of H-pyrrole nitrogens is 1. The maximum absolute atomic E-state index is 15.6. The van der Waals surface area contributed by atoms with Gasteiger partial charge in [0.05, 0.1) is 17.8 Å². The summed E-state index contributed by atoms with van der Waals surface area (Å²) in [5.41, 5.74) is 1.34. The van der Waals surface area contributed by atoms with Gasteiger partial charge in [-0.2, -0.15) is 12.7 Å². The molecule has 7 rings (SSSR count). The van der Waals surface area contributed by atoms with Gasteiger partial charge >= 0.3 is 16.2 Å². The fourth-order valence-corrected chi connectivity index (χ4v) is 8.64. The predicted octanol–water partition coefficient (Wildman–Crippen LogP) is 4.36. The monoisotopic (exact) mass is 739 g/mol. The molecule has 3 aliphatic heterocycles. The molecule has 5 heterocycles. The van der Waals surface area contributed by atoms with E-state index < -0.39 is 51.0 Å². The van der Waals surface area contributed by atoms with Crippen LogP contribution in [0.5, 0.6) is 0 Å². The number of likely N-dealkylation sites (tertiary alicyclic amines) is 1. The van der Waals surface area contributed by atoms with Gasteiger partial charge in [0.2, 0.25) is 5.78 Å². The van der Waals surface area contributed by atoms with Crippen molar-refractivity contribution in [3.63, 3.8) is 0 Å². The summed E-state index contributed by atoms with van der Waals surface area (Å²) >= 11 is 0. The minimum Gasteiger partial charge on any atom is -0.480 e. The second-order valence-electron chi connectivity index (χ2n) is 13.7. The largest absolute Gasteiger partial charge is 0.480 e. The number of fused-ring (bicyclic) bond motifs is 1. The van der Waals surface area contributed by atoms with Crippen LogP contribution >= 0.6 is 0 Å². The number of hydrogen-bond acceptors (Lipinski definition) is 8. The lowest BCUT2D eigenvalue weighted by Gasteiger charge is -2.39. The summed E-state index contributed by atoms with van der Waals surface area (Å²) in [6.07, 6.45) is 3.66. The van der Waals surface area contributed by atoms with Crippen LogP contribution in [0.15, 0.2) is 54.9 Å². The molecule has 276 valence electrons. The second-order valence-corrected chi connectivity index (χ2v) is 15.4. The fraction of sp³-hybridized carbons (Fsp3) is 0.417. The van der Waals surface area contributed by atoms with E-state index in [1.165, 1.54) is 6.20 Å². The van der Waals surface area contributed by atoms with Crippen molar-refractivity contribution >= 4 is 44.4 Å². The standard InChI is InChI=1S/C36H40F3N7O5S/c37-26-9-12-46(21-26)52(50,51)42-31-6-5-30(38)33(34(31)39)35(49)29-19-41-36-28(29)17-25(18-40-36)24-1-3-27(4-2-24)45-15-13-44(14-16-45)20-23-7-10-43(11-8-23)22-32(47)48/h1-6,17-19,23,26,42H,7-16,20-22H2,(H,40,41)(H,47,48). The van der Waals surface area contributed by atoms with Crippen LogP contribution in [0.1, 0.15) is 35.2 Å². The van der Waals surface area contributed by atoms with Crippen molar-refractivity contribution in [2.24, 2.45) is 5.92 Å². The number of aliphatic carboxylic acids is 1. The van der Waals surface area contributed by atoms with Gasteiger partial charge in [0.15, 0.2) is 5.82 Å². The van der Waals surface area contributed by atoms with Crippen LogP contribution in [0, 0.1) is 17.6 Å². The molecule has 3 saturated heterocycles. The molecule has 0 bridgehead atoms. The minimum absolute atomic E-state index is 0.00987. The molecule has 4 aromatic rings. The van der Waals surface area contributed by atoms with Crippen molar-refractivity contribution < 1.29 is 36.3 Å². The van der Waals surface area contributed by atoms with Gasteiger partial charge in [0.25, 0.3) is 0 Å². The summed E-state index contributed by atoms with van der Waals surface area (Å²) in [5, 5.41) is 9.38. The molecular formula is C36H40F3N7O5S. The molecule has 52 heavy (non-hydrogen) atoms. The summed E-state index contributed by atoms with van der Waals surface area (Å²) in [4.78, 5) is 38.8. The number of pyridine rings is 1. The first-order chi connectivity index (χ1) is 24.9. The van der Waals surface area contributed by atoms with E-state index >= 15 is 8.78 Å². The zero-order valence-corrected chi connectivity index (χ0v) is 29.2. The highest BCUT2D eigenvalue weighted by molar-refractivity contribution is 7.90. The van der Waals surface area contributed by atoms with Crippen molar-refractivity contribution in [3.05, 3.63) is 77.6 Å². The normalized spacial score (nSPS) is 19.8. The van der Waals surface area contributed by atoms with Gasteiger partial charge < -0.3 is 15.0 Å². The zero-order chi connectivity index (χ0) is 36.6. The third-order valence-electron chi connectivity index (χ3n) is 10.3. The van der Waals surface area contributed by atoms with Crippen LogP contribution < -0.4 is 9.62 Å². The second kappa shape index (κ2) is 14.8. The Morgan fingerprint density at radius 3 is 2.33 bits per heavy atom. The van der Waals surface area contributed by atoms with Crippen LogP contribution in [0.25, 0.3) is 22.2 Å². The highest BCUT2D eigenvalue weighted by Gasteiger charge is 2.33. The summed E-state index contributed by atoms with van der Waals surface area (Å²) in [6.45, 7) is 5.97. The number of halogens is 3. The third-order valence-corrected chi connectivity index (χ3v) is 11.8. The molecule has 0 saturated carbocycles. The molecule has 0 aliphatic carbocycles. The van der Waals surface area contributed by atoms with Crippen molar-refractivity contribution in [1.82, 2.24) is 24.1 Å². The number of piperidine rings is 1. The number of ketones is 1. The number of piperazine rings is 1. The van der Waals surface area contributed by atoms with Crippen LogP contribution in [-0.2, 0) is 15.0 Å². The summed E-state index contributed by atoms with van der Waals surface area (Å²) in [5.74, 6) is -3.73. The number of carbonyl (C=O) groups excluding carboxylic acids is 1. The molecule has 0 radical (unpaired) electrons. The summed E-state index contributed by atoms with van der Waals surface area (Å²) in [6, 6.07) is 11.4. The number of nitrogens with zero attached hydrogens (tertiary/aromatic N) is 5. The number of alkyl halides is 1. The Morgan fingerprint density at radius 2 is 1.65 bits per heavy atom. The van der Waals surface area contributed by atoms with Gasteiger partial charge in [0, 0.05) is 80.4 Å². The molecule has 3 aliphatic rings. The van der Waals surface area contributed by atoms with E-state index in [1.54, 1.807) is 12.3 Å². The van der Waals surface area contributed by atoms with Crippen LogP contribution in [0.2, 0.25) is 0 Å². The zero-order valence-electron chi connectivity index (χ0n) is 28.4. The van der Waals surface area contributed by atoms with Crippen molar-refractivity contribution in [2.45, 2.75) is 25.4 Å². The van der Waals surface area contributed by atoms with Gasteiger partial charge in [-0.25, -0.2) is 18.2 Å². The number of rotatable bonds is 11. The van der Waals surface area contributed by atoms with E-state index in [1.807, 2.05) is 33.9 Å². The Hall–Kier alpha value is -4.51. The predicted molar refractivity (Wildman–Crippen MR) is 190 cm³/mol. The number of hydrogen-bond donors (Lipinski definition) is 3. The number of aromatic amines is 1. The molecule has 1 unspecified atom stereocenters. The number of carboxylic acids is 1. The molecular weight excluding hydrogens is 700 g/mol. The van der Waals surface area contributed by atoms with Gasteiger partial charge in [-0.05, 0) is 74.2 Å². The third kappa shape index (κ3) is 7.65. The van der Waals surface area contributed by atoms with Crippen molar-refractivity contribution in [2.75, 3.05) is 75.1 Å². The van der Waals surface area contributed by atoms with Crippen molar-refractivity contribution in [3.8, 4) is 11.1 Å². The average Bonchev–Trinajstić information content (AvgIpc) is 3.77. The fourth-order valence-electron chi connectivity index (χ4n) is 7.37. The smallest absolute Gasteiger partial charge is 0.317 e. The Bertz CT molecular complexity index is 2060.